The van der Waals surface area contributed by atoms with Crippen molar-refractivity contribution >= 4 is 33.2 Å². The Morgan fingerprint density at radius 3 is 2.82 bits per heavy atom. The van der Waals surface area contributed by atoms with E-state index in [4.69, 9.17) is 0 Å². The van der Waals surface area contributed by atoms with E-state index in [0.717, 1.165) is 10.1 Å². The number of pyridine rings is 1. The zero-order valence-corrected chi connectivity index (χ0v) is 10.8. The molecule has 0 aromatic carbocycles. The first kappa shape index (κ1) is 11.9. The SMILES string of the molecule is CN(c1nccc2sccc12)C(C)(C)C(=O)O. The number of likely N-dealkylation sites (N-methyl/N-ethyl adjacent to an activating group) is 1. The van der Waals surface area contributed by atoms with Crippen LogP contribution in [0.25, 0.3) is 10.1 Å². The molecule has 0 aliphatic heterocycles. The molecule has 2 heterocycles. The van der Waals surface area contributed by atoms with Crippen molar-refractivity contribution in [1.82, 2.24) is 4.98 Å². The van der Waals surface area contributed by atoms with E-state index >= 15 is 0 Å². The van der Waals surface area contributed by atoms with Gasteiger partial charge in [0.2, 0.25) is 0 Å². The summed E-state index contributed by atoms with van der Waals surface area (Å²) in [6, 6.07) is 3.90. The van der Waals surface area contributed by atoms with Gasteiger partial charge in [-0.3, -0.25) is 0 Å². The minimum absolute atomic E-state index is 0.705. The van der Waals surface area contributed by atoms with E-state index in [-0.39, 0.29) is 0 Å². The largest absolute Gasteiger partial charge is 0.480 e. The highest BCUT2D eigenvalue weighted by molar-refractivity contribution is 7.17. The molecule has 0 saturated heterocycles. The quantitative estimate of drug-likeness (QED) is 0.909. The van der Waals surface area contributed by atoms with Gasteiger partial charge in [0.1, 0.15) is 11.4 Å². The molecule has 17 heavy (non-hydrogen) atoms. The number of nitrogens with zero attached hydrogens (tertiary/aromatic N) is 2. The Kier molecular flexibility index (Phi) is 2.79. The molecule has 90 valence electrons. The van der Waals surface area contributed by atoms with Gasteiger partial charge in [-0.15, -0.1) is 11.3 Å². The Labute approximate surface area is 104 Å². The zero-order chi connectivity index (χ0) is 12.6. The van der Waals surface area contributed by atoms with Crippen molar-refractivity contribution in [1.29, 1.82) is 0 Å². The summed E-state index contributed by atoms with van der Waals surface area (Å²) in [7, 11) is 1.76. The summed E-state index contributed by atoms with van der Waals surface area (Å²) in [5.74, 6) is -0.162. The van der Waals surface area contributed by atoms with Crippen molar-refractivity contribution in [2.24, 2.45) is 0 Å². The summed E-state index contributed by atoms with van der Waals surface area (Å²) in [6.45, 7) is 3.34. The lowest BCUT2D eigenvalue weighted by Gasteiger charge is -2.32. The van der Waals surface area contributed by atoms with Gasteiger partial charge in [-0.25, -0.2) is 9.78 Å². The van der Waals surface area contributed by atoms with Crippen LogP contribution in [-0.4, -0.2) is 28.6 Å². The highest BCUT2D eigenvalue weighted by atomic mass is 32.1. The number of hydrogen-bond donors (Lipinski definition) is 1. The van der Waals surface area contributed by atoms with Crippen LogP contribution in [0.1, 0.15) is 13.8 Å². The van der Waals surface area contributed by atoms with Gasteiger partial charge in [0.25, 0.3) is 0 Å². The number of aromatic nitrogens is 1. The normalized spacial score (nSPS) is 11.7. The number of carboxylic acids is 1. The van der Waals surface area contributed by atoms with Gasteiger partial charge in [-0.05, 0) is 31.4 Å². The van der Waals surface area contributed by atoms with E-state index < -0.39 is 11.5 Å². The zero-order valence-electron chi connectivity index (χ0n) is 9.97. The Morgan fingerprint density at radius 1 is 1.47 bits per heavy atom. The van der Waals surface area contributed by atoms with Crippen molar-refractivity contribution in [2.45, 2.75) is 19.4 Å². The van der Waals surface area contributed by atoms with Crippen molar-refractivity contribution < 1.29 is 9.90 Å². The lowest BCUT2D eigenvalue weighted by molar-refractivity contribution is -0.142. The van der Waals surface area contributed by atoms with Crippen LogP contribution in [-0.2, 0) is 4.79 Å². The van der Waals surface area contributed by atoms with Crippen LogP contribution < -0.4 is 4.90 Å². The number of anilines is 1. The van der Waals surface area contributed by atoms with Crippen LogP contribution in [0, 0.1) is 0 Å². The molecule has 0 saturated carbocycles. The van der Waals surface area contributed by atoms with E-state index in [1.54, 1.807) is 43.3 Å². The predicted octanol–water partition coefficient (Wildman–Crippen LogP) is 2.60. The molecule has 0 spiro atoms. The average Bonchev–Trinajstić information content (AvgIpc) is 2.75. The second kappa shape index (κ2) is 4.00. The summed E-state index contributed by atoms with van der Waals surface area (Å²) in [5, 5.41) is 12.2. The summed E-state index contributed by atoms with van der Waals surface area (Å²) >= 11 is 1.62. The summed E-state index contributed by atoms with van der Waals surface area (Å²) in [6.07, 6.45) is 1.71. The van der Waals surface area contributed by atoms with Crippen molar-refractivity contribution in [3.8, 4) is 0 Å². The maximum Gasteiger partial charge on any atom is 0.328 e. The van der Waals surface area contributed by atoms with Crippen LogP contribution >= 0.6 is 11.3 Å². The molecule has 2 aromatic heterocycles. The van der Waals surface area contributed by atoms with Gasteiger partial charge in [0.15, 0.2) is 0 Å². The predicted molar refractivity (Wildman–Crippen MR) is 69.7 cm³/mol. The fourth-order valence-electron chi connectivity index (χ4n) is 1.56. The standard InChI is InChI=1S/C12H14N2O2S/c1-12(2,11(15)16)14(3)10-8-5-7-17-9(8)4-6-13-10/h4-7H,1-3H3,(H,15,16). The first-order valence-corrected chi connectivity index (χ1v) is 6.12. The van der Waals surface area contributed by atoms with Crippen molar-refractivity contribution in [3.05, 3.63) is 23.7 Å². The third kappa shape index (κ3) is 1.86. The molecule has 0 radical (unpaired) electrons. The molecular formula is C12H14N2O2S. The monoisotopic (exact) mass is 250 g/mol. The molecule has 0 fully saturated rings. The fraction of sp³-hybridized carbons (Fsp3) is 0.333. The lowest BCUT2D eigenvalue weighted by atomic mass is 10.0. The smallest absolute Gasteiger partial charge is 0.328 e. The van der Waals surface area contributed by atoms with E-state index in [0.29, 0.717) is 5.82 Å². The number of fused-ring (bicyclic) bond motifs is 1. The lowest BCUT2D eigenvalue weighted by Crippen LogP contribution is -2.48. The van der Waals surface area contributed by atoms with E-state index in [1.807, 2.05) is 17.5 Å². The average molecular weight is 250 g/mol. The second-order valence-corrected chi connectivity index (χ2v) is 5.34. The summed E-state index contributed by atoms with van der Waals surface area (Å²) < 4.78 is 1.11. The van der Waals surface area contributed by atoms with Crippen LogP contribution in [0.15, 0.2) is 23.7 Å². The molecular weight excluding hydrogens is 236 g/mol. The molecule has 0 aliphatic rings. The Hall–Kier alpha value is -1.62. The first-order valence-electron chi connectivity index (χ1n) is 5.24. The van der Waals surface area contributed by atoms with Gasteiger partial charge < -0.3 is 10.0 Å². The minimum Gasteiger partial charge on any atom is -0.480 e. The molecule has 1 N–H and O–H groups in total. The van der Waals surface area contributed by atoms with Crippen LogP contribution in [0.4, 0.5) is 5.82 Å². The molecule has 0 aliphatic carbocycles. The first-order chi connectivity index (χ1) is 7.94. The molecule has 0 bridgehead atoms. The molecule has 0 unspecified atom stereocenters. The van der Waals surface area contributed by atoms with Gasteiger partial charge in [0.05, 0.1) is 0 Å². The molecule has 0 atom stereocenters. The van der Waals surface area contributed by atoms with Gasteiger partial charge >= 0.3 is 5.97 Å². The number of carbonyl (C=O) groups is 1. The van der Waals surface area contributed by atoms with Gasteiger partial charge in [-0.2, -0.15) is 0 Å². The van der Waals surface area contributed by atoms with Crippen LogP contribution in [0.2, 0.25) is 0 Å². The summed E-state index contributed by atoms with van der Waals surface area (Å²) in [5.41, 5.74) is -0.983. The van der Waals surface area contributed by atoms with Crippen molar-refractivity contribution in [2.75, 3.05) is 11.9 Å². The van der Waals surface area contributed by atoms with Crippen LogP contribution in [0.5, 0.6) is 0 Å². The number of thiophene rings is 1. The van der Waals surface area contributed by atoms with E-state index in [2.05, 4.69) is 4.98 Å². The van der Waals surface area contributed by atoms with Gasteiger partial charge in [0, 0.05) is 23.3 Å². The third-order valence-corrected chi connectivity index (χ3v) is 3.92. The molecule has 5 heteroatoms. The molecule has 2 rings (SSSR count). The minimum atomic E-state index is -0.983. The number of rotatable bonds is 3. The third-order valence-electron chi connectivity index (χ3n) is 3.04. The van der Waals surface area contributed by atoms with Crippen molar-refractivity contribution in [3.63, 3.8) is 0 Å². The maximum atomic E-state index is 11.2. The van der Waals surface area contributed by atoms with E-state index in [9.17, 15) is 9.90 Å². The van der Waals surface area contributed by atoms with Gasteiger partial charge in [-0.1, -0.05) is 0 Å². The molecule has 0 amide bonds. The topological polar surface area (TPSA) is 53.4 Å². The van der Waals surface area contributed by atoms with Crippen LogP contribution in [0.3, 0.4) is 0 Å². The maximum absolute atomic E-state index is 11.2. The molecule has 4 nitrogen and oxygen atoms in total. The number of carboxylic acid groups (broad SMARTS) is 1. The Morgan fingerprint density at radius 2 is 2.18 bits per heavy atom. The highest BCUT2D eigenvalue weighted by Gasteiger charge is 2.33. The second-order valence-electron chi connectivity index (χ2n) is 4.39. The summed E-state index contributed by atoms with van der Waals surface area (Å²) in [4.78, 5) is 17.2. The number of hydrogen-bond acceptors (Lipinski definition) is 4. The fourth-order valence-corrected chi connectivity index (χ4v) is 2.33. The van der Waals surface area contributed by atoms with E-state index in [1.165, 1.54) is 0 Å². The Balaban J connectivity index is 2.53. The highest BCUT2D eigenvalue weighted by Crippen LogP contribution is 2.31. The molecule has 2 aromatic rings. The number of aliphatic carboxylic acids is 1. The Bertz CT molecular complexity index is 562.